The molecule has 2 nitrogen and oxygen atoms in total. The number of hydrogen-bond acceptors (Lipinski definition) is 2. The van der Waals surface area contributed by atoms with Crippen LogP contribution in [0.3, 0.4) is 0 Å². The number of ketones is 1. The number of Topliss-reactive ketones (excluding diaryl/α,β-unsaturated/α-hetero) is 1. The Labute approximate surface area is 72.5 Å². The van der Waals surface area contributed by atoms with Crippen molar-refractivity contribution in [3.63, 3.8) is 0 Å². The summed E-state index contributed by atoms with van der Waals surface area (Å²) in [6.45, 7) is 5.40. The van der Waals surface area contributed by atoms with Gasteiger partial charge in [-0.05, 0) is 6.92 Å². The third-order valence-corrected chi connectivity index (χ3v) is 1.20. The predicted molar refractivity (Wildman–Crippen MR) is 48.3 cm³/mol. The largest absolute Gasteiger partial charge is 0.293 e. The first-order valence-electron chi connectivity index (χ1n) is 3.60. The average molecular weight is 161 g/mol. The van der Waals surface area contributed by atoms with E-state index in [1.165, 1.54) is 0 Å². The fourth-order valence-electron chi connectivity index (χ4n) is 0.561. The van der Waals surface area contributed by atoms with Crippen molar-refractivity contribution in [1.29, 1.82) is 5.26 Å². The molecule has 0 bridgehead atoms. The second-order valence-corrected chi connectivity index (χ2v) is 2.17. The summed E-state index contributed by atoms with van der Waals surface area (Å²) < 4.78 is 0. The Balaban J connectivity index is 4.06. The molecular weight excluding hydrogens is 150 g/mol. The molecule has 0 saturated carbocycles. The quantitative estimate of drug-likeness (QED) is 0.468. The third kappa shape index (κ3) is 4.24. The highest BCUT2D eigenvalue weighted by Gasteiger charge is 2.00. The fraction of sp³-hybridized carbons (Fsp3) is 0.200. The second-order valence-electron chi connectivity index (χ2n) is 2.17. The first kappa shape index (κ1) is 10.4. The highest BCUT2D eigenvalue weighted by Crippen LogP contribution is 1.98. The Kier molecular flexibility index (Phi) is 5.29. The van der Waals surface area contributed by atoms with Crippen LogP contribution >= 0.6 is 0 Å². The van der Waals surface area contributed by atoms with Crippen LogP contribution in [0.1, 0.15) is 13.3 Å². The van der Waals surface area contributed by atoms with Crippen molar-refractivity contribution in [2.75, 3.05) is 0 Å². The predicted octanol–water partition coefficient (Wildman–Crippen LogP) is 2.16. The van der Waals surface area contributed by atoms with Crippen LogP contribution in [0.25, 0.3) is 0 Å². The van der Waals surface area contributed by atoms with E-state index in [1.54, 1.807) is 24.3 Å². The molecule has 0 amide bonds. The molecule has 0 radical (unpaired) electrons. The van der Waals surface area contributed by atoms with Gasteiger partial charge in [0.25, 0.3) is 0 Å². The molecule has 0 spiro atoms. The molecule has 62 valence electrons. The molecule has 0 aliphatic carbocycles. The number of hydrogen-bond donors (Lipinski definition) is 0. The fourth-order valence-corrected chi connectivity index (χ4v) is 0.561. The Bertz CT molecular complexity index is 266. The summed E-state index contributed by atoms with van der Waals surface area (Å²) in [6, 6.07) is 1.78. The maximum absolute atomic E-state index is 10.9. The number of carbonyl (C=O) groups is 1. The number of nitrogens with zero attached hydrogens (tertiary/aromatic N) is 1. The Morgan fingerprint density at radius 2 is 2.25 bits per heavy atom. The maximum Gasteiger partial charge on any atom is 0.176 e. The van der Waals surface area contributed by atoms with E-state index in [0.29, 0.717) is 5.57 Å². The first-order chi connectivity index (χ1) is 5.72. The van der Waals surface area contributed by atoms with E-state index < -0.39 is 0 Å². The Hall–Kier alpha value is -1.62. The van der Waals surface area contributed by atoms with Gasteiger partial charge >= 0.3 is 0 Å². The van der Waals surface area contributed by atoms with Gasteiger partial charge in [-0.15, -0.1) is 0 Å². The molecule has 0 unspecified atom stereocenters. The highest BCUT2D eigenvalue weighted by atomic mass is 16.1. The van der Waals surface area contributed by atoms with E-state index in [-0.39, 0.29) is 12.2 Å². The monoisotopic (exact) mass is 161 g/mol. The summed E-state index contributed by atoms with van der Waals surface area (Å²) in [5.41, 5.74) is 0.370. The van der Waals surface area contributed by atoms with E-state index >= 15 is 0 Å². The van der Waals surface area contributed by atoms with Crippen molar-refractivity contribution in [3.05, 3.63) is 36.5 Å². The van der Waals surface area contributed by atoms with Gasteiger partial charge in [0.1, 0.15) is 0 Å². The van der Waals surface area contributed by atoms with Gasteiger partial charge in [0.15, 0.2) is 5.78 Å². The molecule has 0 saturated heterocycles. The van der Waals surface area contributed by atoms with Gasteiger partial charge in [-0.2, -0.15) is 5.26 Å². The van der Waals surface area contributed by atoms with Crippen LogP contribution < -0.4 is 0 Å². The van der Waals surface area contributed by atoms with Crippen molar-refractivity contribution in [1.82, 2.24) is 0 Å². The van der Waals surface area contributed by atoms with E-state index in [0.717, 1.165) is 0 Å². The number of allylic oxidation sites excluding steroid dienone is 5. The minimum Gasteiger partial charge on any atom is -0.293 e. The summed E-state index contributed by atoms with van der Waals surface area (Å²) in [5.74, 6) is -0.224. The molecule has 0 aliphatic rings. The summed E-state index contributed by atoms with van der Waals surface area (Å²) in [6.07, 6.45) is 6.86. The standard InChI is InChI=1S/C10H11NO/c1-3-4-5-6-9(2)10(12)7-8-11/h3-6H,2,7H2,1H3/b4-3-,6-5-. The molecule has 0 heterocycles. The van der Waals surface area contributed by atoms with Gasteiger partial charge < -0.3 is 0 Å². The van der Waals surface area contributed by atoms with E-state index in [1.807, 2.05) is 13.0 Å². The zero-order valence-electron chi connectivity index (χ0n) is 7.08. The number of carbonyl (C=O) groups excluding carboxylic acids is 1. The lowest BCUT2D eigenvalue weighted by Gasteiger charge is -1.90. The zero-order valence-corrected chi connectivity index (χ0v) is 7.08. The van der Waals surface area contributed by atoms with Gasteiger partial charge in [0.2, 0.25) is 0 Å². The van der Waals surface area contributed by atoms with Crippen molar-refractivity contribution in [2.24, 2.45) is 0 Å². The molecule has 0 atom stereocenters. The summed E-state index contributed by atoms with van der Waals surface area (Å²) in [4.78, 5) is 10.9. The van der Waals surface area contributed by atoms with Crippen molar-refractivity contribution >= 4 is 5.78 Å². The minimum absolute atomic E-state index is 0.0982. The van der Waals surface area contributed by atoms with Crippen LogP contribution in [-0.2, 0) is 4.79 Å². The molecule has 0 aromatic carbocycles. The third-order valence-electron chi connectivity index (χ3n) is 1.20. The lowest BCUT2D eigenvalue weighted by Crippen LogP contribution is -1.96. The topological polar surface area (TPSA) is 40.9 Å². The van der Waals surface area contributed by atoms with Crippen molar-refractivity contribution in [2.45, 2.75) is 13.3 Å². The van der Waals surface area contributed by atoms with Gasteiger partial charge in [-0.1, -0.05) is 30.9 Å². The zero-order chi connectivity index (χ0) is 9.40. The van der Waals surface area contributed by atoms with Crippen LogP contribution in [-0.4, -0.2) is 5.78 Å². The van der Waals surface area contributed by atoms with Gasteiger partial charge in [-0.3, -0.25) is 4.79 Å². The smallest absolute Gasteiger partial charge is 0.176 e. The summed E-state index contributed by atoms with van der Waals surface area (Å²) in [7, 11) is 0. The van der Waals surface area contributed by atoms with Crippen molar-refractivity contribution in [3.8, 4) is 6.07 Å². The van der Waals surface area contributed by atoms with E-state index in [9.17, 15) is 4.79 Å². The Morgan fingerprint density at radius 1 is 1.58 bits per heavy atom. The highest BCUT2D eigenvalue weighted by molar-refractivity contribution is 5.98. The molecule has 0 fully saturated rings. The molecule has 0 aliphatic heterocycles. The number of rotatable bonds is 4. The Morgan fingerprint density at radius 3 is 2.75 bits per heavy atom. The second kappa shape index (κ2) is 6.11. The molecule has 2 heteroatoms. The SMILES string of the molecule is C=C(/C=C\C=C/C)C(=O)CC#N. The lowest BCUT2D eigenvalue weighted by molar-refractivity contribution is -0.114. The normalized spacial score (nSPS) is 10.3. The maximum atomic E-state index is 10.9. The van der Waals surface area contributed by atoms with Crippen molar-refractivity contribution < 1.29 is 4.79 Å². The minimum atomic E-state index is -0.224. The average Bonchev–Trinajstić information content (AvgIpc) is 2.05. The van der Waals surface area contributed by atoms with Gasteiger partial charge in [-0.25, -0.2) is 0 Å². The molecule has 0 N–H and O–H groups in total. The van der Waals surface area contributed by atoms with Crippen LogP contribution in [0, 0.1) is 11.3 Å². The molecule has 12 heavy (non-hydrogen) atoms. The molecule has 0 aromatic rings. The first-order valence-corrected chi connectivity index (χ1v) is 3.60. The molecular formula is C10H11NO. The van der Waals surface area contributed by atoms with Gasteiger partial charge in [0, 0.05) is 5.57 Å². The number of nitriles is 1. The lowest BCUT2D eigenvalue weighted by atomic mass is 10.1. The van der Waals surface area contributed by atoms with Crippen LogP contribution in [0.15, 0.2) is 36.5 Å². The van der Waals surface area contributed by atoms with Crippen LogP contribution in [0.4, 0.5) is 0 Å². The van der Waals surface area contributed by atoms with E-state index in [4.69, 9.17) is 5.26 Å². The van der Waals surface area contributed by atoms with Crippen LogP contribution in [0.5, 0.6) is 0 Å². The van der Waals surface area contributed by atoms with Gasteiger partial charge in [0.05, 0.1) is 12.5 Å². The summed E-state index contributed by atoms with van der Waals surface area (Å²) >= 11 is 0. The molecule has 0 rings (SSSR count). The summed E-state index contributed by atoms with van der Waals surface area (Å²) in [5, 5.41) is 8.21. The van der Waals surface area contributed by atoms with E-state index in [2.05, 4.69) is 6.58 Å². The molecule has 0 aromatic heterocycles. The van der Waals surface area contributed by atoms with Crippen LogP contribution in [0.2, 0.25) is 0 Å².